The molecule has 0 saturated carbocycles. The minimum Gasteiger partial charge on any atom is -0.462 e. The molecule has 0 atom stereocenters. The summed E-state index contributed by atoms with van der Waals surface area (Å²) in [6.45, 7) is 1.94. The molecular formula is C23H18N2O3S. The van der Waals surface area contributed by atoms with Crippen molar-refractivity contribution in [3.05, 3.63) is 82.7 Å². The van der Waals surface area contributed by atoms with Crippen molar-refractivity contribution in [2.24, 2.45) is 0 Å². The van der Waals surface area contributed by atoms with E-state index in [9.17, 15) is 14.9 Å². The summed E-state index contributed by atoms with van der Waals surface area (Å²) in [5, 5.41) is 14.3. The van der Waals surface area contributed by atoms with Gasteiger partial charge in [0.15, 0.2) is 0 Å². The Morgan fingerprint density at radius 3 is 2.38 bits per heavy atom. The predicted octanol–water partition coefficient (Wildman–Crippen LogP) is 5.14. The fraction of sp³-hybridized carbons (Fsp3) is 0.0870. The molecule has 1 heterocycles. The third-order valence-corrected chi connectivity index (χ3v) is 4.95. The number of esters is 1. The normalized spacial score (nSPS) is 10.8. The molecule has 0 bridgehead atoms. The number of carbonyl (C=O) groups is 2. The van der Waals surface area contributed by atoms with Gasteiger partial charge in [-0.15, -0.1) is 11.3 Å². The molecule has 0 saturated heterocycles. The lowest BCUT2D eigenvalue weighted by molar-refractivity contribution is -0.112. The van der Waals surface area contributed by atoms with Crippen molar-refractivity contribution in [3.63, 3.8) is 0 Å². The lowest BCUT2D eigenvalue weighted by atomic mass is 10.0. The number of amides is 1. The average Bonchev–Trinajstić information content (AvgIpc) is 3.17. The summed E-state index contributed by atoms with van der Waals surface area (Å²) in [4.78, 5) is 25.3. The first-order chi connectivity index (χ1) is 14.1. The van der Waals surface area contributed by atoms with Gasteiger partial charge in [-0.05, 0) is 24.1 Å². The Labute approximate surface area is 172 Å². The molecule has 5 nitrogen and oxygen atoms in total. The van der Waals surface area contributed by atoms with E-state index in [1.54, 1.807) is 24.4 Å². The summed E-state index contributed by atoms with van der Waals surface area (Å²) in [7, 11) is 0. The Morgan fingerprint density at radius 2 is 1.76 bits per heavy atom. The standard InChI is InChI=1S/C23H18N2O3S/c1-2-28-23(27)20-19(17-11-7-4-8-12-17)15-29-22(20)25-21(26)18(14-24)13-16-9-5-3-6-10-16/h3-13,15H,2H2,1H3,(H,25,26). The van der Waals surface area contributed by atoms with Gasteiger partial charge in [0.05, 0.1) is 6.61 Å². The van der Waals surface area contributed by atoms with Crippen LogP contribution in [0.1, 0.15) is 22.8 Å². The van der Waals surface area contributed by atoms with E-state index < -0.39 is 11.9 Å². The van der Waals surface area contributed by atoms with Gasteiger partial charge in [0, 0.05) is 10.9 Å². The fourth-order valence-corrected chi connectivity index (χ4v) is 3.67. The highest BCUT2D eigenvalue weighted by atomic mass is 32.1. The number of nitrogens with one attached hydrogen (secondary N) is 1. The molecule has 0 unspecified atom stereocenters. The van der Waals surface area contributed by atoms with Crippen molar-refractivity contribution in [1.29, 1.82) is 5.26 Å². The molecule has 0 spiro atoms. The largest absolute Gasteiger partial charge is 0.462 e. The Morgan fingerprint density at radius 1 is 1.10 bits per heavy atom. The maximum atomic E-state index is 12.7. The molecule has 1 amide bonds. The minimum absolute atomic E-state index is 0.0549. The second-order valence-corrected chi connectivity index (χ2v) is 6.85. The van der Waals surface area contributed by atoms with Crippen molar-refractivity contribution in [2.75, 3.05) is 11.9 Å². The monoisotopic (exact) mass is 402 g/mol. The zero-order chi connectivity index (χ0) is 20.6. The van der Waals surface area contributed by atoms with Crippen LogP contribution in [0, 0.1) is 11.3 Å². The van der Waals surface area contributed by atoms with Crippen LogP contribution in [-0.2, 0) is 9.53 Å². The minimum atomic E-state index is -0.580. The van der Waals surface area contributed by atoms with Crippen LogP contribution < -0.4 is 5.32 Å². The molecule has 3 rings (SSSR count). The van der Waals surface area contributed by atoms with E-state index in [4.69, 9.17) is 4.74 Å². The number of benzene rings is 2. The number of anilines is 1. The Balaban J connectivity index is 1.95. The summed E-state index contributed by atoms with van der Waals surface area (Å²) < 4.78 is 5.19. The maximum Gasteiger partial charge on any atom is 0.341 e. The van der Waals surface area contributed by atoms with Crippen molar-refractivity contribution in [2.45, 2.75) is 6.92 Å². The van der Waals surface area contributed by atoms with Gasteiger partial charge in [0.25, 0.3) is 5.91 Å². The molecule has 0 aliphatic heterocycles. The zero-order valence-electron chi connectivity index (χ0n) is 15.7. The quantitative estimate of drug-likeness (QED) is 0.352. The summed E-state index contributed by atoms with van der Waals surface area (Å²) in [5.41, 5.74) is 2.48. The fourth-order valence-electron chi connectivity index (χ4n) is 2.72. The maximum absolute atomic E-state index is 12.7. The molecule has 3 aromatic rings. The van der Waals surface area contributed by atoms with Crippen LogP contribution in [0.25, 0.3) is 17.2 Å². The van der Waals surface area contributed by atoms with E-state index in [0.717, 1.165) is 11.1 Å². The first-order valence-electron chi connectivity index (χ1n) is 8.96. The Kier molecular flexibility index (Phi) is 6.56. The van der Waals surface area contributed by atoms with Gasteiger partial charge in [0.2, 0.25) is 0 Å². The van der Waals surface area contributed by atoms with Crippen LogP contribution in [0.4, 0.5) is 5.00 Å². The molecule has 1 aromatic heterocycles. The van der Waals surface area contributed by atoms with Crippen LogP contribution in [0.2, 0.25) is 0 Å². The van der Waals surface area contributed by atoms with Crippen LogP contribution in [-0.4, -0.2) is 18.5 Å². The average molecular weight is 402 g/mol. The van der Waals surface area contributed by atoms with Gasteiger partial charge in [0.1, 0.15) is 22.2 Å². The van der Waals surface area contributed by atoms with E-state index >= 15 is 0 Å². The third-order valence-electron chi connectivity index (χ3n) is 4.06. The van der Waals surface area contributed by atoms with Gasteiger partial charge >= 0.3 is 5.97 Å². The molecule has 1 N–H and O–H groups in total. The number of hydrogen-bond acceptors (Lipinski definition) is 5. The molecule has 144 valence electrons. The topological polar surface area (TPSA) is 79.2 Å². The molecule has 0 aliphatic carbocycles. The van der Waals surface area contributed by atoms with Gasteiger partial charge < -0.3 is 10.1 Å². The number of nitriles is 1. The van der Waals surface area contributed by atoms with Crippen LogP contribution in [0.15, 0.2) is 71.6 Å². The highest BCUT2D eigenvalue weighted by molar-refractivity contribution is 7.15. The summed E-state index contributed by atoms with van der Waals surface area (Å²) >= 11 is 1.22. The first kappa shape index (κ1) is 20.1. The zero-order valence-corrected chi connectivity index (χ0v) is 16.5. The van der Waals surface area contributed by atoms with E-state index in [2.05, 4.69) is 5.32 Å². The smallest absolute Gasteiger partial charge is 0.341 e. The van der Waals surface area contributed by atoms with Gasteiger partial charge in [-0.2, -0.15) is 5.26 Å². The van der Waals surface area contributed by atoms with Crippen LogP contribution >= 0.6 is 11.3 Å². The van der Waals surface area contributed by atoms with Gasteiger partial charge in [-0.1, -0.05) is 60.7 Å². The summed E-state index contributed by atoms with van der Waals surface area (Å²) in [5.74, 6) is -1.10. The Hall–Kier alpha value is -3.69. The lowest BCUT2D eigenvalue weighted by Gasteiger charge is -2.08. The number of nitrogens with zero attached hydrogens (tertiary/aromatic N) is 1. The number of thiophene rings is 1. The summed E-state index contributed by atoms with van der Waals surface area (Å²) in [6.07, 6.45) is 1.51. The van der Waals surface area contributed by atoms with Crippen molar-refractivity contribution in [1.82, 2.24) is 0 Å². The number of hydrogen-bond donors (Lipinski definition) is 1. The lowest BCUT2D eigenvalue weighted by Crippen LogP contribution is -2.16. The number of rotatable bonds is 6. The van der Waals surface area contributed by atoms with Crippen molar-refractivity contribution >= 4 is 34.3 Å². The van der Waals surface area contributed by atoms with E-state index in [0.29, 0.717) is 10.6 Å². The molecule has 0 radical (unpaired) electrons. The summed E-state index contributed by atoms with van der Waals surface area (Å²) in [6, 6.07) is 20.4. The number of carbonyl (C=O) groups excluding carboxylic acids is 2. The van der Waals surface area contributed by atoms with Gasteiger partial charge in [-0.25, -0.2) is 4.79 Å². The predicted molar refractivity (Wildman–Crippen MR) is 114 cm³/mol. The van der Waals surface area contributed by atoms with E-state index in [1.807, 2.05) is 54.6 Å². The Bertz CT molecular complexity index is 1080. The highest BCUT2D eigenvalue weighted by Crippen LogP contribution is 2.36. The van der Waals surface area contributed by atoms with E-state index in [1.165, 1.54) is 17.4 Å². The van der Waals surface area contributed by atoms with Crippen molar-refractivity contribution < 1.29 is 14.3 Å². The molecule has 6 heteroatoms. The molecule has 0 aliphatic rings. The first-order valence-corrected chi connectivity index (χ1v) is 9.84. The molecule has 29 heavy (non-hydrogen) atoms. The highest BCUT2D eigenvalue weighted by Gasteiger charge is 2.23. The van der Waals surface area contributed by atoms with Crippen LogP contribution in [0.3, 0.4) is 0 Å². The molecular weight excluding hydrogens is 384 g/mol. The number of ether oxygens (including phenoxy) is 1. The molecule has 0 fully saturated rings. The SMILES string of the molecule is CCOC(=O)c1c(-c2ccccc2)csc1NC(=O)C(C#N)=Cc1ccccc1. The molecule has 2 aromatic carbocycles. The second-order valence-electron chi connectivity index (χ2n) is 5.97. The van der Waals surface area contributed by atoms with Crippen molar-refractivity contribution in [3.8, 4) is 17.2 Å². The van der Waals surface area contributed by atoms with E-state index in [-0.39, 0.29) is 17.7 Å². The van der Waals surface area contributed by atoms with Gasteiger partial charge in [-0.3, -0.25) is 4.79 Å². The second kappa shape index (κ2) is 9.49. The van der Waals surface area contributed by atoms with Crippen LogP contribution in [0.5, 0.6) is 0 Å². The third kappa shape index (κ3) is 4.78.